The number of nitrogens with one attached hydrogen (secondary N) is 2. The second-order valence-corrected chi connectivity index (χ2v) is 9.01. The van der Waals surface area contributed by atoms with Crippen LogP contribution in [0, 0.1) is 0 Å². The van der Waals surface area contributed by atoms with Gasteiger partial charge in [-0.05, 0) is 36.8 Å². The van der Waals surface area contributed by atoms with Crippen LogP contribution in [-0.4, -0.2) is 37.7 Å². The number of hydrogen-bond acceptors (Lipinski definition) is 7. The van der Waals surface area contributed by atoms with E-state index in [1.807, 2.05) is 49.4 Å². The van der Waals surface area contributed by atoms with Crippen LogP contribution in [0.3, 0.4) is 0 Å². The molecule has 3 rings (SSSR count). The van der Waals surface area contributed by atoms with Crippen LogP contribution in [0.2, 0.25) is 0 Å². The zero-order chi connectivity index (χ0) is 23.3. The molecule has 1 amide bonds. The first-order chi connectivity index (χ1) is 15.4. The predicted molar refractivity (Wildman–Crippen MR) is 130 cm³/mol. The Balaban J connectivity index is 2.09. The van der Waals surface area contributed by atoms with Crippen LogP contribution in [0.25, 0.3) is 0 Å². The molecule has 0 unspecified atom stereocenters. The van der Waals surface area contributed by atoms with E-state index in [1.165, 1.54) is 0 Å². The summed E-state index contributed by atoms with van der Waals surface area (Å²) in [5.74, 6) is 1.28. The highest BCUT2D eigenvalue weighted by Gasteiger charge is 2.31. The van der Waals surface area contributed by atoms with Gasteiger partial charge in [-0.15, -0.1) is 0 Å². The number of ether oxygens (including phenoxy) is 3. The number of thioether (sulfide) groups is 1. The monoisotopic (exact) mass is 455 g/mol. The molecule has 0 aliphatic carbocycles. The van der Waals surface area contributed by atoms with E-state index >= 15 is 0 Å². The molecule has 0 spiro atoms. The molecule has 1 aliphatic rings. The molecule has 0 fully saturated rings. The maximum atomic E-state index is 13.4. The summed E-state index contributed by atoms with van der Waals surface area (Å²) in [6, 6.07) is 12.5. The molecule has 2 aromatic rings. The summed E-state index contributed by atoms with van der Waals surface area (Å²) in [4.78, 5) is 18.2. The third kappa shape index (κ3) is 5.19. The Morgan fingerprint density at radius 3 is 2.22 bits per heavy atom. The van der Waals surface area contributed by atoms with Gasteiger partial charge in [0.1, 0.15) is 6.04 Å². The summed E-state index contributed by atoms with van der Waals surface area (Å²) in [7, 11) is 4.69. The van der Waals surface area contributed by atoms with Gasteiger partial charge >= 0.3 is 0 Å². The maximum Gasteiger partial charge on any atom is 0.255 e. The van der Waals surface area contributed by atoms with Gasteiger partial charge in [0.25, 0.3) is 5.91 Å². The first-order valence-corrected chi connectivity index (χ1v) is 11.1. The van der Waals surface area contributed by atoms with Crippen LogP contribution >= 0.6 is 11.8 Å². The lowest BCUT2D eigenvalue weighted by Gasteiger charge is -2.27. The van der Waals surface area contributed by atoms with Crippen molar-refractivity contribution in [2.24, 2.45) is 4.99 Å². The largest absolute Gasteiger partial charge is 0.493 e. The molecule has 0 radical (unpaired) electrons. The van der Waals surface area contributed by atoms with Crippen LogP contribution in [0.4, 0.5) is 5.69 Å². The fourth-order valence-corrected chi connectivity index (χ4v) is 4.27. The molecular weight excluding hydrogens is 426 g/mol. The van der Waals surface area contributed by atoms with Gasteiger partial charge in [-0.3, -0.25) is 4.79 Å². The fourth-order valence-electron chi connectivity index (χ4n) is 3.44. The van der Waals surface area contributed by atoms with Crippen molar-refractivity contribution < 1.29 is 19.0 Å². The zero-order valence-corrected chi connectivity index (χ0v) is 20.0. The molecule has 2 N–H and O–H groups in total. The van der Waals surface area contributed by atoms with Crippen LogP contribution in [-0.2, 0) is 4.79 Å². The topological polar surface area (TPSA) is 81.2 Å². The van der Waals surface area contributed by atoms with Gasteiger partial charge in [0.15, 0.2) is 16.7 Å². The van der Waals surface area contributed by atoms with Crippen molar-refractivity contribution in [3.8, 4) is 17.2 Å². The molecular formula is C24H29N3O4S. The van der Waals surface area contributed by atoms with Crippen LogP contribution in [0.15, 0.2) is 58.7 Å². The van der Waals surface area contributed by atoms with Crippen molar-refractivity contribution in [2.45, 2.75) is 32.1 Å². The van der Waals surface area contributed by atoms with E-state index in [1.54, 1.807) is 33.1 Å². The molecule has 170 valence electrons. The maximum absolute atomic E-state index is 13.4. The number of anilines is 1. The van der Waals surface area contributed by atoms with Gasteiger partial charge < -0.3 is 24.8 Å². The number of aliphatic imine (C=N–C) groups is 1. The average Bonchev–Trinajstić information content (AvgIpc) is 2.77. The fraction of sp³-hybridized carbons (Fsp3) is 0.333. The zero-order valence-electron chi connectivity index (χ0n) is 19.2. The molecule has 0 aromatic heterocycles. The number of nitrogens with zero attached hydrogens (tertiary/aromatic N) is 1. The first-order valence-electron chi connectivity index (χ1n) is 10.3. The molecule has 1 atom stereocenters. The molecule has 1 heterocycles. The summed E-state index contributed by atoms with van der Waals surface area (Å²) < 4.78 is 16.5. The number of para-hydroxylation sites is 1. The van der Waals surface area contributed by atoms with Crippen molar-refractivity contribution >= 4 is 28.5 Å². The Hall–Kier alpha value is -3.13. The molecule has 8 heteroatoms. The quantitative estimate of drug-likeness (QED) is 0.626. The molecule has 7 nitrogen and oxygen atoms in total. The van der Waals surface area contributed by atoms with E-state index in [-0.39, 0.29) is 5.91 Å². The summed E-state index contributed by atoms with van der Waals surface area (Å²) in [6.45, 7) is 6.08. The molecule has 0 bridgehead atoms. The second-order valence-electron chi connectivity index (χ2n) is 7.45. The van der Waals surface area contributed by atoms with Crippen LogP contribution < -0.4 is 24.8 Å². The van der Waals surface area contributed by atoms with Crippen molar-refractivity contribution in [1.29, 1.82) is 0 Å². The molecule has 1 aliphatic heterocycles. The Kier molecular flexibility index (Phi) is 7.69. The van der Waals surface area contributed by atoms with Gasteiger partial charge in [0, 0.05) is 16.6 Å². The highest BCUT2D eigenvalue weighted by molar-refractivity contribution is 8.14. The van der Waals surface area contributed by atoms with Crippen molar-refractivity contribution in [1.82, 2.24) is 5.32 Å². The van der Waals surface area contributed by atoms with E-state index in [2.05, 4.69) is 24.5 Å². The van der Waals surface area contributed by atoms with Gasteiger partial charge in [0.05, 0.1) is 26.9 Å². The lowest BCUT2D eigenvalue weighted by molar-refractivity contribution is -0.113. The SMILES string of the molecule is COc1cc([C@@H]2N=C(SC(C)C)NC(C)=C2C(=O)Nc2ccccc2)cc(OC)c1OC. The van der Waals surface area contributed by atoms with E-state index in [0.29, 0.717) is 33.8 Å². The minimum Gasteiger partial charge on any atom is -0.493 e. The van der Waals surface area contributed by atoms with Gasteiger partial charge in [-0.25, -0.2) is 4.99 Å². The lowest BCUT2D eigenvalue weighted by atomic mass is 9.95. The number of amides is 1. The van der Waals surface area contributed by atoms with Gasteiger partial charge in [-0.1, -0.05) is 43.8 Å². The van der Waals surface area contributed by atoms with Gasteiger partial charge in [-0.2, -0.15) is 0 Å². The Bertz CT molecular complexity index is 1010. The van der Waals surface area contributed by atoms with Crippen molar-refractivity contribution in [3.63, 3.8) is 0 Å². The normalized spacial score (nSPS) is 15.7. The van der Waals surface area contributed by atoms with Crippen molar-refractivity contribution in [3.05, 3.63) is 59.3 Å². The summed E-state index contributed by atoms with van der Waals surface area (Å²) in [6.07, 6.45) is 0. The first kappa shape index (κ1) is 23.5. The number of hydrogen-bond donors (Lipinski definition) is 2. The number of rotatable bonds is 7. The number of allylic oxidation sites excluding steroid dienone is 1. The number of benzene rings is 2. The third-order valence-corrected chi connectivity index (χ3v) is 5.75. The van der Waals surface area contributed by atoms with Crippen LogP contribution in [0.1, 0.15) is 32.4 Å². The van der Waals surface area contributed by atoms with Crippen molar-refractivity contribution in [2.75, 3.05) is 26.6 Å². The van der Waals surface area contributed by atoms with E-state index in [0.717, 1.165) is 16.4 Å². The standard InChI is InChI=1S/C24H29N3O4S/c1-14(2)32-24-25-15(3)20(23(28)26-17-10-8-7-9-11-17)21(27-24)16-12-18(29-4)22(31-6)19(13-16)30-5/h7-14,21H,1-6H3,(H,25,27)(H,26,28)/t21-/m0/s1. The smallest absolute Gasteiger partial charge is 0.255 e. The molecule has 0 saturated carbocycles. The average molecular weight is 456 g/mol. The second kappa shape index (κ2) is 10.5. The number of methoxy groups -OCH3 is 3. The van der Waals surface area contributed by atoms with Gasteiger partial charge in [0.2, 0.25) is 5.75 Å². The Morgan fingerprint density at radius 1 is 1.06 bits per heavy atom. The van der Waals surface area contributed by atoms with E-state index in [4.69, 9.17) is 19.2 Å². The van der Waals surface area contributed by atoms with E-state index in [9.17, 15) is 4.79 Å². The van der Waals surface area contributed by atoms with E-state index < -0.39 is 6.04 Å². The number of amidine groups is 1. The Morgan fingerprint density at radius 2 is 1.69 bits per heavy atom. The predicted octanol–water partition coefficient (Wildman–Crippen LogP) is 4.77. The molecule has 0 saturated heterocycles. The number of carbonyl (C=O) groups is 1. The van der Waals surface area contributed by atoms with Crippen LogP contribution in [0.5, 0.6) is 17.2 Å². The molecule has 2 aromatic carbocycles. The molecule has 32 heavy (non-hydrogen) atoms. The third-order valence-electron chi connectivity index (χ3n) is 4.84. The summed E-state index contributed by atoms with van der Waals surface area (Å²) in [5, 5.41) is 7.35. The summed E-state index contributed by atoms with van der Waals surface area (Å²) in [5.41, 5.74) is 2.75. The highest BCUT2D eigenvalue weighted by Crippen LogP contribution is 2.43. The minimum atomic E-state index is -0.546. The Labute approximate surface area is 193 Å². The minimum absolute atomic E-state index is 0.225. The lowest BCUT2D eigenvalue weighted by Crippen LogP contribution is -2.32. The highest BCUT2D eigenvalue weighted by atomic mass is 32.2. The number of carbonyl (C=O) groups excluding carboxylic acids is 1. The summed E-state index contributed by atoms with van der Waals surface area (Å²) >= 11 is 1.61.